The Labute approximate surface area is 126 Å². The number of carbonyl (C=O) groups is 1. The van der Waals surface area contributed by atoms with Crippen molar-refractivity contribution in [2.75, 3.05) is 6.54 Å². The van der Waals surface area contributed by atoms with E-state index in [1.807, 2.05) is 6.92 Å². The van der Waals surface area contributed by atoms with Gasteiger partial charge < -0.3 is 5.32 Å². The number of aryl methyl sites for hydroxylation is 1. The van der Waals surface area contributed by atoms with E-state index in [-0.39, 0.29) is 21.5 Å². The third-order valence-corrected chi connectivity index (χ3v) is 3.43. The highest BCUT2D eigenvalue weighted by atomic mass is 79.9. The monoisotopic (exact) mass is 364 g/mol. The molecule has 0 saturated heterocycles. The molecule has 5 nitrogen and oxygen atoms in total. The van der Waals surface area contributed by atoms with Gasteiger partial charge in [0.25, 0.3) is 5.91 Å². The molecule has 0 aliphatic rings. The highest BCUT2D eigenvalue weighted by molar-refractivity contribution is 9.10. The predicted molar refractivity (Wildman–Crippen MR) is 73.1 cm³/mol. The topological polar surface area (TPSA) is 59.3 Å². The molecule has 1 N–H and O–H groups in total. The molecule has 2 aromatic rings. The maximum atomic E-state index is 13.0. The molecule has 114 valence electrons. The van der Waals surface area contributed by atoms with E-state index in [1.54, 1.807) is 0 Å². The number of hydrogen-bond donors (Lipinski definition) is 1. The number of rotatable bonds is 3. The maximum Gasteiger partial charge on any atom is 0.433 e. The van der Waals surface area contributed by atoms with E-state index in [0.717, 1.165) is 6.07 Å². The van der Waals surface area contributed by atoms with Crippen LogP contribution in [-0.4, -0.2) is 27.0 Å². The molecule has 0 spiro atoms. The summed E-state index contributed by atoms with van der Waals surface area (Å²) in [6.45, 7) is 3.73. The second-order valence-electron chi connectivity index (χ2n) is 4.43. The Balaban J connectivity index is 2.62. The lowest BCUT2D eigenvalue weighted by Gasteiger charge is -2.09. The SMILES string of the molecule is CCCNC(=O)c1nn2c(C(F)(F)F)cc(C)nc2c1Br. The molecular formula is C12H12BrF3N4O. The number of fused-ring (bicyclic) bond motifs is 1. The molecule has 0 aliphatic heterocycles. The summed E-state index contributed by atoms with van der Waals surface area (Å²) >= 11 is 3.11. The van der Waals surface area contributed by atoms with Crippen LogP contribution >= 0.6 is 15.9 Å². The molecule has 0 fully saturated rings. The van der Waals surface area contributed by atoms with Crippen molar-refractivity contribution in [3.63, 3.8) is 0 Å². The van der Waals surface area contributed by atoms with Crippen LogP contribution in [-0.2, 0) is 6.18 Å². The first-order valence-corrected chi connectivity index (χ1v) is 6.96. The van der Waals surface area contributed by atoms with Crippen LogP contribution in [0.3, 0.4) is 0 Å². The first-order valence-electron chi connectivity index (χ1n) is 6.17. The van der Waals surface area contributed by atoms with Gasteiger partial charge in [0.05, 0.1) is 4.47 Å². The van der Waals surface area contributed by atoms with Gasteiger partial charge in [0.2, 0.25) is 0 Å². The van der Waals surface area contributed by atoms with Crippen molar-refractivity contribution in [1.82, 2.24) is 19.9 Å². The summed E-state index contributed by atoms with van der Waals surface area (Å²) in [6.07, 6.45) is -3.88. The number of amides is 1. The summed E-state index contributed by atoms with van der Waals surface area (Å²) in [4.78, 5) is 15.9. The van der Waals surface area contributed by atoms with E-state index < -0.39 is 17.8 Å². The first kappa shape index (κ1) is 15.7. The van der Waals surface area contributed by atoms with Crippen molar-refractivity contribution < 1.29 is 18.0 Å². The minimum Gasteiger partial charge on any atom is -0.351 e. The zero-order valence-corrected chi connectivity index (χ0v) is 12.8. The number of nitrogens with zero attached hydrogens (tertiary/aromatic N) is 3. The second kappa shape index (κ2) is 5.63. The maximum absolute atomic E-state index is 13.0. The number of hydrogen-bond acceptors (Lipinski definition) is 3. The molecule has 0 saturated carbocycles. The number of aromatic nitrogens is 3. The molecule has 0 bridgehead atoms. The fourth-order valence-corrected chi connectivity index (χ4v) is 2.30. The minimum absolute atomic E-state index is 0.0380. The first-order chi connectivity index (χ1) is 9.75. The molecular weight excluding hydrogens is 353 g/mol. The summed E-state index contributed by atoms with van der Waals surface area (Å²) < 4.78 is 39.9. The third-order valence-electron chi connectivity index (χ3n) is 2.70. The third kappa shape index (κ3) is 3.02. The lowest BCUT2D eigenvalue weighted by molar-refractivity contribution is -0.142. The molecule has 0 radical (unpaired) electrons. The van der Waals surface area contributed by atoms with E-state index in [2.05, 4.69) is 31.3 Å². The quantitative estimate of drug-likeness (QED) is 0.910. The average Bonchev–Trinajstić information content (AvgIpc) is 2.72. The molecule has 9 heteroatoms. The molecule has 0 atom stereocenters. The van der Waals surface area contributed by atoms with Crippen LogP contribution < -0.4 is 5.32 Å². The Hall–Kier alpha value is -1.64. The van der Waals surface area contributed by atoms with Crippen LogP contribution in [0.25, 0.3) is 5.65 Å². The predicted octanol–water partition coefficient (Wildman–Crippen LogP) is 2.96. The molecule has 2 rings (SSSR count). The normalized spacial score (nSPS) is 11.9. The summed E-state index contributed by atoms with van der Waals surface area (Å²) in [7, 11) is 0. The standard InChI is InChI=1S/C12H12BrF3N4O/c1-3-4-17-11(21)9-8(13)10-18-6(2)5-7(12(14,15)16)20(10)19-9/h5H,3-4H2,1-2H3,(H,17,21). The van der Waals surface area contributed by atoms with Crippen molar-refractivity contribution in [2.24, 2.45) is 0 Å². The van der Waals surface area contributed by atoms with E-state index in [9.17, 15) is 18.0 Å². The fraction of sp³-hybridized carbons (Fsp3) is 0.417. The zero-order valence-electron chi connectivity index (χ0n) is 11.3. The summed E-state index contributed by atoms with van der Waals surface area (Å²) in [5.74, 6) is -0.542. The highest BCUT2D eigenvalue weighted by Gasteiger charge is 2.36. The molecule has 0 unspecified atom stereocenters. The highest BCUT2D eigenvalue weighted by Crippen LogP contribution is 2.32. The summed E-state index contributed by atoms with van der Waals surface area (Å²) in [5, 5.41) is 6.32. The molecule has 1 amide bonds. The van der Waals surface area contributed by atoms with Gasteiger partial charge in [0.15, 0.2) is 11.3 Å². The number of halogens is 4. The second-order valence-corrected chi connectivity index (χ2v) is 5.23. The minimum atomic E-state index is -4.59. The van der Waals surface area contributed by atoms with Crippen LogP contribution in [0.5, 0.6) is 0 Å². The molecule has 2 heterocycles. The van der Waals surface area contributed by atoms with Crippen molar-refractivity contribution in [3.8, 4) is 0 Å². The number of nitrogens with one attached hydrogen (secondary N) is 1. The van der Waals surface area contributed by atoms with Gasteiger partial charge >= 0.3 is 6.18 Å². The van der Waals surface area contributed by atoms with Gasteiger partial charge in [-0.15, -0.1) is 0 Å². The van der Waals surface area contributed by atoms with Gasteiger partial charge in [-0.3, -0.25) is 4.79 Å². The molecule has 0 aliphatic carbocycles. The lowest BCUT2D eigenvalue weighted by Crippen LogP contribution is -2.25. The van der Waals surface area contributed by atoms with E-state index in [4.69, 9.17) is 0 Å². The lowest BCUT2D eigenvalue weighted by atomic mass is 10.3. The van der Waals surface area contributed by atoms with E-state index >= 15 is 0 Å². The number of carbonyl (C=O) groups excluding carboxylic acids is 1. The van der Waals surface area contributed by atoms with Crippen LogP contribution in [0.4, 0.5) is 13.2 Å². The van der Waals surface area contributed by atoms with E-state index in [0.29, 0.717) is 17.5 Å². The van der Waals surface area contributed by atoms with Crippen molar-refractivity contribution in [2.45, 2.75) is 26.4 Å². The van der Waals surface area contributed by atoms with Gasteiger partial charge in [-0.05, 0) is 35.3 Å². The summed E-state index contributed by atoms with van der Waals surface area (Å²) in [6, 6.07) is 0.889. The Kier molecular flexibility index (Phi) is 4.22. The Morgan fingerprint density at radius 2 is 2.14 bits per heavy atom. The Morgan fingerprint density at radius 3 is 2.71 bits per heavy atom. The van der Waals surface area contributed by atoms with Gasteiger partial charge in [-0.2, -0.15) is 18.3 Å². The molecule has 2 aromatic heterocycles. The van der Waals surface area contributed by atoms with Gasteiger partial charge in [-0.25, -0.2) is 9.50 Å². The van der Waals surface area contributed by atoms with Crippen LogP contribution in [0.15, 0.2) is 10.5 Å². The van der Waals surface area contributed by atoms with Gasteiger partial charge in [-0.1, -0.05) is 6.92 Å². The van der Waals surface area contributed by atoms with Crippen molar-refractivity contribution in [3.05, 3.63) is 27.6 Å². The van der Waals surface area contributed by atoms with Crippen LogP contribution in [0, 0.1) is 6.92 Å². The van der Waals surface area contributed by atoms with E-state index in [1.165, 1.54) is 6.92 Å². The van der Waals surface area contributed by atoms with Crippen molar-refractivity contribution in [1.29, 1.82) is 0 Å². The fourth-order valence-electron chi connectivity index (χ4n) is 1.78. The molecule has 21 heavy (non-hydrogen) atoms. The Morgan fingerprint density at radius 1 is 1.48 bits per heavy atom. The largest absolute Gasteiger partial charge is 0.433 e. The summed E-state index contributed by atoms with van der Waals surface area (Å²) in [5.41, 5.74) is -0.938. The van der Waals surface area contributed by atoms with Crippen LogP contribution in [0.2, 0.25) is 0 Å². The average molecular weight is 365 g/mol. The van der Waals surface area contributed by atoms with Crippen molar-refractivity contribution >= 4 is 27.5 Å². The van der Waals surface area contributed by atoms with Gasteiger partial charge in [0.1, 0.15) is 5.69 Å². The zero-order chi connectivity index (χ0) is 15.8. The van der Waals surface area contributed by atoms with Crippen LogP contribution in [0.1, 0.15) is 35.2 Å². The molecule has 0 aromatic carbocycles. The Bertz CT molecular complexity index is 696. The smallest absolute Gasteiger partial charge is 0.351 e. The number of alkyl halides is 3. The van der Waals surface area contributed by atoms with Gasteiger partial charge in [0, 0.05) is 12.2 Å².